The number of fused-ring (bicyclic) bond motifs is 2. The number of H-pyrrole nitrogens is 1. The molecule has 0 unspecified atom stereocenters. The second-order valence-corrected chi connectivity index (χ2v) is 14.3. The van der Waals surface area contributed by atoms with E-state index in [1.807, 2.05) is 0 Å². The summed E-state index contributed by atoms with van der Waals surface area (Å²) in [5.74, 6) is 0.553. The van der Waals surface area contributed by atoms with Crippen molar-refractivity contribution in [2.24, 2.45) is 4.99 Å². The molecule has 5 aromatic rings. The van der Waals surface area contributed by atoms with Crippen LogP contribution in [0.2, 0.25) is 0 Å². The third kappa shape index (κ3) is 13.4. The van der Waals surface area contributed by atoms with Gasteiger partial charge in [0.1, 0.15) is 12.4 Å². The number of benzene rings is 4. The quantitative estimate of drug-likeness (QED) is 0.110. The zero-order valence-corrected chi connectivity index (χ0v) is 33.7. The average Bonchev–Trinajstić information content (AvgIpc) is 3.87. The number of aliphatic imine (C=N–C) groups is 1. The number of rotatable bonds is 12. The van der Waals surface area contributed by atoms with Gasteiger partial charge in [-0.25, -0.2) is 4.98 Å². The van der Waals surface area contributed by atoms with Crippen LogP contribution in [0.15, 0.2) is 89.9 Å². The largest absolute Gasteiger partial charge is 0.379 e. The predicted octanol–water partition coefficient (Wildman–Crippen LogP) is 6.10. The Morgan fingerprint density at radius 1 is 0.581 bits per heavy atom. The van der Waals surface area contributed by atoms with E-state index in [0.29, 0.717) is 108 Å². The lowest BCUT2D eigenvalue weighted by atomic mass is 10.1. The first-order chi connectivity index (χ1) is 30.0. The predicted molar refractivity (Wildman–Crippen MR) is 226 cm³/mol. The first kappa shape index (κ1) is 44.9. The minimum atomic E-state index is -0.462. The van der Waals surface area contributed by atoms with E-state index < -0.39 is 19.7 Å². The highest BCUT2D eigenvalue weighted by Gasteiger charge is 2.19. The molecule has 0 amide bonds. The van der Waals surface area contributed by atoms with Gasteiger partial charge in [0, 0.05) is 99.9 Å². The SMILES string of the molecule is O=[N+]([O-])c1ccc(CN2CCOCCOCCN(Cc3ccc([N+](=O)[O-])cc3)CCOCC2)cc1.O=[N+]([O-])c1ccc2c(c1)N=C(COCc1nc3ccc([N+](=O)[O-])cc3[nH]1)C2. The van der Waals surface area contributed by atoms with Crippen LogP contribution < -0.4 is 0 Å². The fourth-order valence-electron chi connectivity index (χ4n) is 6.63. The molecule has 0 radical (unpaired) electrons. The van der Waals surface area contributed by atoms with Gasteiger partial charge in [0.2, 0.25) is 0 Å². The summed E-state index contributed by atoms with van der Waals surface area (Å²) in [6, 6.07) is 22.2. The zero-order chi connectivity index (χ0) is 43.8. The Morgan fingerprint density at radius 2 is 1.05 bits per heavy atom. The van der Waals surface area contributed by atoms with Gasteiger partial charge < -0.3 is 23.9 Å². The second-order valence-electron chi connectivity index (χ2n) is 14.3. The zero-order valence-electron chi connectivity index (χ0n) is 33.7. The molecule has 3 heterocycles. The van der Waals surface area contributed by atoms with E-state index in [0.717, 1.165) is 22.4 Å². The van der Waals surface area contributed by atoms with Crippen molar-refractivity contribution in [3.63, 3.8) is 0 Å². The van der Waals surface area contributed by atoms with E-state index in [9.17, 15) is 40.5 Å². The topological polar surface area (TPSA) is 257 Å². The summed E-state index contributed by atoms with van der Waals surface area (Å²) in [4.78, 5) is 57.8. The molecule has 62 heavy (non-hydrogen) atoms. The lowest BCUT2D eigenvalue weighted by Crippen LogP contribution is -2.32. The highest BCUT2D eigenvalue weighted by molar-refractivity contribution is 5.95. The average molecular weight is 856 g/mol. The van der Waals surface area contributed by atoms with Crippen molar-refractivity contribution >= 4 is 45.2 Å². The van der Waals surface area contributed by atoms with Crippen LogP contribution in [0, 0.1) is 40.5 Å². The van der Waals surface area contributed by atoms with Gasteiger partial charge in [-0.1, -0.05) is 24.3 Å². The Labute approximate surface area is 354 Å². The Bertz CT molecular complexity index is 2280. The molecule has 1 saturated heterocycles. The number of aromatic amines is 1. The van der Waals surface area contributed by atoms with Crippen LogP contribution in [-0.2, 0) is 45.1 Å². The van der Waals surface area contributed by atoms with E-state index in [-0.39, 0.29) is 36.0 Å². The number of hydrogen-bond donors (Lipinski definition) is 1. The summed E-state index contributed by atoms with van der Waals surface area (Å²) in [6.45, 7) is 7.82. The number of nitro groups is 4. The molecular weight excluding hydrogens is 811 g/mol. The van der Waals surface area contributed by atoms with Crippen LogP contribution in [0.5, 0.6) is 0 Å². The number of non-ortho nitro benzene ring substituents is 4. The molecule has 0 bridgehead atoms. The van der Waals surface area contributed by atoms with Gasteiger partial charge in [0.15, 0.2) is 0 Å². The molecule has 7 rings (SSSR count). The van der Waals surface area contributed by atoms with Crippen LogP contribution in [0.1, 0.15) is 22.5 Å². The van der Waals surface area contributed by atoms with Crippen molar-refractivity contribution in [3.8, 4) is 0 Å². The number of hydrogen-bond acceptors (Lipinski definition) is 16. The molecule has 0 spiro atoms. The van der Waals surface area contributed by atoms with Crippen LogP contribution in [0.3, 0.4) is 0 Å². The second kappa shape index (κ2) is 22.3. The fraction of sp³-hybridized carbons (Fsp3) is 0.366. The van der Waals surface area contributed by atoms with Gasteiger partial charge in [-0.05, 0) is 28.8 Å². The van der Waals surface area contributed by atoms with E-state index in [1.54, 1.807) is 36.4 Å². The van der Waals surface area contributed by atoms with E-state index in [1.165, 1.54) is 48.5 Å². The Balaban J connectivity index is 0.000000213. The lowest BCUT2D eigenvalue weighted by Gasteiger charge is -2.23. The molecule has 2 aliphatic rings. The van der Waals surface area contributed by atoms with E-state index in [2.05, 4.69) is 24.8 Å². The smallest absolute Gasteiger partial charge is 0.271 e. The molecule has 21 nitrogen and oxygen atoms in total. The van der Waals surface area contributed by atoms with Crippen LogP contribution in [0.4, 0.5) is 28.4 Å². The molecule has 326 valence electrons. The Kier molecular flexibility index (Phi) is 16.1. The standard InChI is InChI=1S/C24H32N4O7.C17H13N5O5/c29-27(30)23-5-1-21(2-6-23)19-25-9-13-33-14-10-26(12-16-35-18-17-34-15-11-25)20-22-3-7-24(8-4-22)28(31)32;23-21(24)12-2-1-10-5-11(18-15(10)6-12)8-27-9-17-19-14-4-3-13(22(25)26)7-16(14)20-17/h1-8H,9-20H2;1-4,6-7H,5,8-9H2,(H,19,20). The summed E-state index contributed by atoms with van der Waals surface area (Å²) >= 11 is 0. The van der Waals surface area contributed by atoms with Gasteiger partial charge in [0.25, 0.3) is 22.7 Å². The van der Waals surface area contributed by atoms with Gasteiger partial charge in [-0.3, -0.25) is 55.2 Å². The highest BCUT2D eigenvalue weighted by atomic mass is 16.6. The molecule has 1 fully saturated rings. The summed E-state index contributed by atoms with van der Waals surface area (Å²) in [5.41, 5.74) is 5.63. The number of nitrogens with one attached hydrogen (secondary N) is 1. The molecule has 2 aliphatic heterocycles. The first-order valence-corrected chi connectivity index (χ1v) is 19.7. The minimum absolute atomic E-state index is 0.00853. The molecule has 21 heteroatoms. The minimum Gasteiger partial charge on any atom is -0.379 e. The van der Waals surface area contributed by atoms with Crippen LogP contribution in [0.25, 0.3) is 11.0 Å². The van der Waals surface area contributed by atoms with Crippen molar-refractivity contribution in [2.45, 2.75) is 26.1 Å². The van der Waals surface area contributed by atoms with Crippen molar-refractivity contribution in [3.05, 3.63) is 148 Å². The normalized spacial score (nSPS) is 15.6. The van der Waals surface area contributed by atoms with Crippen molar-refractivity contribution in [1.82, 2.24) is 19.8 Å². The Morgan fingerprint density at radius 3 is 1.56 bits per heavy atom. The number of imidazole rings is 1. The maximum absolute atomic E-state index is 10.9. The van der Waals surface area contributed by atoms with Gasteiger partial charge in [-0.2, -0.15) is 0 Å². The molecule has 0 aliphatic carbocycles. The number of ether oxygens (including phenoxy) is 4. The Hall–Kier alpha value is -6.62. The molecule has 1 aromatic heterocycles. The molecule has 1 N–H and O–H groups in total. The highest BCUT2D eigenvalue weighted by Crippen LogP contribution is 2.31. The lowest BCUT2D eigenvalue weighted by molar-refractivity contribution is -0.385. The van der Waals surface area contributed by atoms with Crippen LogP contribution in [-0.4, -0.2) is 118 Å². The number of nitro benzene ring substituents is 4. The molecule has 0 saturated carbocycles. The van der Waals surface area contributed by atoms with Gasteiger partial charge in [0.05, 0.1) is 82.7 Å². The third-order valence-corrected chi connectivity index (χ3v) is 9.87. The third-order valence-electron chi connectivity index (χ3n) is 9.87. The number of nitrogens with zero attached hydrogens (tertiary/aromatic N) is 8. The van der Waals surface area contributed by atoms with Gasteiger partial charge in [-0.15, -0.1) is 0 Å². The fourth-order valence-corrected chi connectivity index (χ4v) is 6.63. The summed E-state index contributed by atoms with van der Waals surface area (Å²) < 4.78 is 23.0. The van der Waals surface area contributed by atoms with E-state index in [4.69, 9.17) is 18.9 Å². The number of aromatic nitrogens is 2. The monoisotopic (exact) mass is 855 g/mol. The summed E-state index contributed by atoms with van der Waals surface area (Å²) in [7, 11) is 0. The summed E-state index contributed by atoms with van der Waals surface area (Å²) in [6.07, 6.45) is 0.583. The van der Waals surface area contributed by atoms with E-state index >= 15 is 0 Å². The summed E-state index contributed by atoms with van der Waals surface area (Å²) in [5, 5.41) is 43.4. The maximum atomic E-state index is 10.9. The first-order valence-electron chi connectivity index (χ1n) is 19.7. The van der Waals surface area contributed by atoms with Crippen LogP contribution >= 0.6 is 0 Å². The molecule has 4 aromatic carbocycles. The molecular formula is C41H45N9O12. The molecule has 0 atom stereocenters. The van der Waals surface area contributed by atoms with Crippen molar-refractivity contribution in [2.75, 3.05) is 72.4 Å². The van der Waals surface area contributed by atoms with Crippen molar-refractivity contribution < 1.29 is 38.6 Å². The van der Waals surface area contributed by atoms with Gasteiger partial charge >= 0.3 is 0 Å². The maximum Gasteiger partial charge on any atom is 0.271 e. The van der Waals surface area contributed by atoms with Crippen molar-refractivity contribution in [1.29, 1.82) is 0 Å².